The van der Waals surface area contributed by atoms with Gasteiger partial charge in [-0.2, -0.15) is 5.10 Å². The van der Waals surface area contributed by atoms with Gasteiger partial charge in [0.2, 0.25) is 0 Å². The highest BCUT2D eigenvalue weighted by atomic mass is 16.1. The number of aromatic nitrogens is 2. The second-order valence-corrected chi connectivity index (χ2v) is 6.91. The van der Waals surface area contributed by atoms with E-state index in [1.165, 1.54) is 31.4 Å². The summed E-state index contributed by atoms with van der Waals surface area (Å²) in [7, 11) is 0. The normalized spacial score (nSPS) is 14.6. The standard InChI is InChI=1S/C22H24N4O/c27-22(18-16-23-26(17-18)21-8-4-3-5-9-21)24-19-10-12-20(13-11-19)25-14-6-1-2-7-15-25/h3-5,8-13,16-17H,1-2,6-7,14-15H2,(H,24,27). The van der Waals surface area contributed by atoms with Crippen LogP contribution < -0.4 is 10.2 Å². The largest absolute Gasteiger partial charge is 0.372 e. The van der Waals surface area contributed by atoms with Crippen molar-refractivity contribution in [3.8, 4) is 5.69 Å². The number of benzene rings is 2. The molecule has 0 atom stereocenters. The first-order valence-electron chi connectivity index (χ1n) is 9.56. The molecular weight excluding hydrogens is 336 g/mol. The molecule has 0 aliphatic carbocycles. The summed E-state index contributed by atoms with van der Waals surface area (Å²) in [6.07, 6.45) is 8.49. The van der Waals surface area contributed by atoms with Crippen molar-refractivity contribution in [2.24, 2.45) is 0 Å². The van der Waals surface area contributed by atoms with Gasteiger partial charge in [0.1, 0.15) is 0 Å². The van der Waals surface area contributed by atoms with Gasteiger partial charge < -0.3 is 10.2 Å². The zero-order valence-electron chi connectivity index (χ0n) is 15.3. The lowest BCUT2D eigenvalue weighted by atomic mass is 10.2. The minimum atomic E-state index is -0.153. The molecule has 1 saturated heterocycles. The average Bonchev–Trinajstić information content (AvgIpc) is 3.06. The van der Waals surface area contributed by atoms with Crippen LogP contribution in [0.1, 0.15) is 36.0 Å². The zero-order chi connectivity index (χ0) is 18.5. The first-order chi connectivity index (χ1) is 13.3. The molecule has 1 aliphatic rings. The van der Waals surface area contributed by atoms with Gasteiger partial charge in [-0.25, -0.2) is 4.68 Å². The maximum atomic E-state index is 12.5. The van der Waals surface area contributed by atoms with Crippen LogP contribution in [-0.2, 0) is 0 Å². The van der Waals surface area contributed by atoms with Crippen LogP contribution in [0.5, 0.6) is 0 Å². The summed E-state index contributed by atoms with van der Waals surface area (Å²) in [4.78, 5) is 14.9. The third kappa shape index (κ3) is 4.19. The molecule has 2 heterocycles. The minimum Gasteiger partial charge on any atom is -0.372 e. The molecule has 1 fully saturated rings. The maximum Gasteiger partial charge on any atom is 0.258 e. The predicted molar refractivity (Wildman–Crippen MR) is 109 cm³/mol. The third-order valence-electron chi connectivity index (χ3n) is 4.96. The highest BCUT2D eigenvalue weighted by Gasteiger charge is 2.12. The van der Waals surface area contributed by atoms with Crippen LogP contribution >= 0.6 is 0 Å². The van der Waals surface area contributed by atoms with E-state index in [4.69, 9.17) is 0 Å². The van der Waals surface area contributed by atoms with Crippen LogP contribution in [0.3, 0.4) is 0 Å². The summed E-state index contributed by atoms with van der Waals surface area (Å²) in [5.41, 5.74) is 3.49. The van der Waals surface area contributed by atoms with Crippen LogP contribution in [0.2, 0.25) is 0 Å². The Morgan fingerprint density at radius 2 is 1.56 bits per heavy atom. The van der Waals surface area contributed by atoms with Gasteiger partial charge in [-0.1, -0.05) is 31.0 Å². The van der Waals surface area contributed by atoms with Crippen molar-refractivity contribution >= 4 is 17.3 Å². The van der Waals surface area contributed by atoms with Gasteiger partial charge in [-0.3, -0.25) is 4.79 Å². The molecule has 5 nitrogen and oxygen atoms in total. The van der Waals surface area contributed by atoms with Crippen LogP contribution in [-0.4, -0.2) is 28.8 Å². The first kappa shape index (κ1) is 17.3. The molecule has 1 N–H and O–H groups in total. The molecule has 1 amide bonds. The van der Waals surface area contributed by atoms with Gasteiger partial charge in [0.15, 0.2) is 0 Å². The van der Waals surface area contributed by atoms with Gasteiger partial charge in [0, 0.05) is 30.7 Å². The van der Waals surface area contributed by atoms with Gasteiger partial charge in [-0.05, 0) is 49.2 Å². The molecule has 138 valence electrons. The monoisotopic (exact) mass is 360 g/mol. The van der Waals surface area contributed by atoms with E-state index < -0.39 is 0 Å². The quantitative estimate of drug-likeness (QED) is 0.745. The van der Waals surface area contributed by atoms with Crippen molar-refractivity contribution in [2.75, 3.05) is 23.3 Å². The van der Waals surface area contributed by atoms with Gasteiger partial charge in [0.05, 0.1) is 17.4 Å². The average molecular weight is 360 g/mol. The number of amides is 1. The Labute approximate surface area is 159 Å². The van der Waals surface area contributed by atoms with Crippen LogP contribution in [0.4, 0.5) is 11.4 Å². The van der Waals surface area contributed by atoms with Gasteiger partial charge in [-0.15, -0.1) is 0 Å². The predicted octanol–water partition coefficient (Wildman–Crippen LogP) is 4.51. The molecule has 1 aliphatic heterocycles. The fourth-order valence-corrected chi connectivity index (χ4v) is 3.45. The molecule has 3 aromatic rings. The van der Waals surface area contributed by atoms with E-state index in [1.54, 1.807) is 17.1 Å². The molecule has 0 unspecified atom stereocenters. The number of nitrogens with one attached hydrogen (secondary N) is 1. The number of hydrogen-bond donors (Lipinski definition) is 1. The lowest BCUT2D eigenvalue weighted by molar-refractivity contribution is 0.102. The molecule has 1 aromatic heterocycles. The molecule has 0 saturated carbocycles. The van der Waals surface area contributed by atoms with E-state index in [0.29, 0.717) is 5.56 Å². The molecular formula is C22H24N4O. The Bertz CT molecular complexity index is 878. The van der Waals surface area contributed by atoms with E-state index >= 15 is 0 Å². The Balaban J connectivity index is 1.41. The summed E-state index contributed by atoms with van der Waals surface area (Å²) in [5.74, 6) is -0.153. The fourth-order valence-electron chi connectivity index (χ4n) is 3.45. The van der Waals surface area contributed by atoms with Crippen LogP contribution in [0.15, 0.2) is 67.0 Å². The Morgan fingerprint density at radius 3 is 2.26 bits per heavy atom. The lowest BCUT2D eigenvalue weighted by Gasteiger charge is -2.22. The van der Waals surface area contributed by atoms with E-state index in [0.717, 1.165) is 24.5 Å². The summed E-state index contributed by atoms with van der Waals surface area (Å²) < 4.78 is 1.71. The molecule has 27 heavy (non-hydrogen) atoms. The zero-order valence-corrected chi connectivity index (χ0v) is 15.3. The third-order valence-corrected chi connectivity index (χ3v) is 4.96. The molecule has 0 spiro atoms. The Hall–Kier alpha value is -3.08. The molecule has 0 radical (unpaired) electrons. The Morgan fingerprint density at radius 1 is 0.852 bits per heavy atom. The van der Waals surface area contributed by atoms with Crippen molar-refractivity contribution in [2.45, 2.75) is 25.7 Å². The summed E-state index contributed by atoms with van der Waals surface area (Å²) >= 11 is 0. The number of rotatable bonds is 4. The number of carbonyl (C=O) groups excluding carboxylic acids is 1. The van der Waals surface area contributed by atoms with E-state index in [9.17, 15) is 4.79 Å². The van der Waals surface area contributed by atoms with Crippen LogP contribution in [0.25, 0.3) is 5.69 Å². The van der Waals surface area contributed by atoms with Crippen molar-refractivity contribution in [3.63, 3.8) is 0 Å². The number of hydrogen-bond acceptors (Lipinski definition) is 3. The molecule has 5 heteroatoms. The SMILES string of the molecule is O=C(Nc1ccc(N2CCCCCC2)cc1)c1cnn(-c2ccccc2)c1. The second kappa shape index (κ2) is 8.08. The van der Waals surface area contributed by atoms with Crippen molar-refractivity contribution in [1.29, 1.82) is 0 Å². The maximum absolute atomic E-state index is 12.5. The first-order valence-corrected chi connectivity index (χ1v) is 9.56. The van der Waals surface area contributed by atoms with E-state index in [2.05, 4.69) is 27.4 Å². The molecule has 2 aromatic carbocycles. The number of carbonyl (C=O) groups is 1. The topological polar surface area (TPSA) is 50.2 Å². The Kier molecular flexibility index (Phi) is 5.19. The summed E-state index contributed by atoms with van der Waals surface area (Å²) in [6, 6.07) is 17.9. The number of nitrogens with zero attached hydrogens (tertiary/aromatic N) is 3. The summed E-state index contributed by atoms with van der Waals surface area (Å²) in [6.45, 7) is 2.23. The van der Waals surface area contributed by atoms with E-state index in [-0.39, 0.29) is 5.91 Å². The van der Waals surface area contributed by atoms with Crippen molar-refractivity contribution in [3.05, 3.63) is 72.6 Å². The van der Waals surface area contributed by atoms with Gasteiger partial charge >= 0.3 is 0 Å². The number of anilines is 2. The summed E-state index contributed by atoms with van der Waals surface area (Å²) in [5, 5.41) is 7.24. The second-order valence-electron chi connectivity index (χ2n) is 6.91. The highest BCUT2D eigenvalue weighted by molar-refractivity contribution is 6.04. The molecule has 4 rings (SSSR count). The van der Waals surface area contributed by atoms with Gasteiger partial charge in [0.25, 0.3) is 5.91 Å². The number of para-hydroxylation sites is 1. The minimum absolute atomic E-state index is 0.153. The molecule has 0 bridgehead atoms. The highest BCUT2D eigenvalue weighted by Crippen LogP contribution is 2.22. The fraction of sp³-hybridized carbons (Fsp3) is 0.273. The van der Waals surface area contributed by atoms with Crippen molar-refractivity contribution < 1.29 is 4.79 Å². The smallest absolute Gasteiger partial charge is 0.258 e. The van der Waals surface area contributed by atoms with Crippen LogP contribution in [0, 0.1) is 0 Å². The van der Waals surface area contributed by atoms with Crippen molar-refractivity contribution in [1.82, 2.24) is 9.78 Å². The lowest BCUT2D eigenvalue weighted by Crippen LogP contribution is -2.23. The van der Waals surface area contributed by atoms with E-state index in [1.807, 2.05) is 42.5 Å².